The summed E-state index contributed by atoms with van der Waals surface area (Å²) in [5.41, 5.74) is 0.901. The SMILES string of the molecule is Cc1cc(Br)cc(Br)c1OC(=O)N1CCOCC1. The van der Waals surface area contributed by atoms with Crippen LogP contribution in [-0.2, 0) is 4.74 Å². The Morgan fingerprint density at radius 1 is 1.33 bits per heavy atom. The maximum Gasteiger partial charge on any atom is 0.415 e. The van der Waals surface area contributed by atoms with Crippen molar-refractivity contribution in [2.75, 3.05) is 26.3 Å². The van der Waals surface area contributed by atoms with Crippen molar-refractivity contribution in [1.29, 1.82) is 0 Å². The van der Waals surface area contributed by atoms with Crippen LogP contribution in [0.3, 0.4) is 0 Å². The molecule has 1 aliphatic heterocycles. The van der Waals surface area contributed by atoms with Crippen LogP contribution in [0, 0.1) is 6.92 Å². The van der Waals surface area contributed by atoms with Crippen LogP contribution in [0.1, 0.15) is 5.56 Å². The Bertz CT molecular complexity index is 436. The van der Waals surface area contributed by atoms with Crippen molar-refractivity contribution in [3.63, 3.8) is 0 Å². The fourth-order valence-corrected chi connectivity index (χ4v) is 3.24. The van der Waals surface area contributed by atoms with Gasteiger partial charge in [0.2, 0.25) is 0 Å². The predicted octanol–water partition coefficient (Wildman–Crippen LogP) is 3.35. The number of amides is 1. The van der Waals surface area contributed by atoms with Crippen LogP contribution >= 0.6 is 31.9 Å². The van der Waals surface area contributed by atoms with E-state index in [1.165, 1.54) is 0 Å². The summed E-state index contributed by atoms with van der Waals surface area (Å²) in [7, 11) is 0. The van der Waals surface area contributed by atoms with Crippen LogP contribution in [-0.4, -0.2) is 37.3 Å². The lowest BCUT2D eigenvalue weighted by molar-refractivity contribution is 0.0414. The van der Waals surface area contributed by atoms with Crippen molar-refractivity contribution < 1.29 is 14.3 Å². The second kappa shape index (κ2) is 6.04. The molecule has 1 aliphatic rings. The minimum Gasteiger partial charge on any atom is -0.409 e. The van der Waals surface area contributed by atoms with Gasteiger partial charge in [-0.3, -0.25) is 0 Å². The Hall–Kier alpha value is -0.590. The normalized spacial score (nSPS) is 15.6. The number of hydrogen-bond donors (Lipinski definition) is 0. The first-order valence-corrected chi connectivity index (χ1v) is 7.16. The van der Waals surface area contributed by atoms with Crippen molar-refractivity contribution in [2.45, 2.75) is 6.92 Å². The van der Waals surface area contributed by atoms with E-state index in [-0.39, 0.29) is 6.09 Å². The lowest BCUT2D eigenvalue weighted by atomic mass is 10.2. The Morgan fingerprint density at radius 2 is 2.00 bits per heavy atom. The summed E-state index contributed by atoms with van der Waals surface area (Å²) in [6.07, 6.45) is -0.329. The molecular weight excluding hydrogens is 366 g/mol. The third-order valence-corrected chi connectivity index (χ3v) is 3.70. The first kappa shape index (κ1) is 13.8. The molecule has 2 rings (SSSR count). The second-order valence-electron chi connectivity index (χ2n) is 4.00. The molecule has 1 amide bonds. The second-order valence-corrected chi connectivity index (χ2v) is 5.77. The van der Waals surface area contributed by atoms with Crippen LogP contribution in [0.2, 0.25) is 0 Å². The average molecular weight is 379 g/mol. The molecule has 1 fully saturated rings. The van der Waals surface area contributed by atoms with E-state index in [4.69, 9.17) is 9.47 Å². The standard InChI is InChI=1S/C12H13Br2NO3/c1-8-6-9(13)7-10(14)11(8)18-12(16)15-2-4-17-5-3-15/h6-7H,2-5H2,1H3. The summed E-state index contributed by atoms with van der Waals surface area (Å²) in [5.74, 6) is 0.565. The lowest BCUT2D eigenvalue weighted by Gasteiger charge is -2.26. The van der Waals surface area contributed by atoms with E-state index in [2.05, 4.69) is 31.9 Å². The molecule has 4 nitrogen and oxygen atoms in total. The Labute approximate surface area is 122 Å². The Kier molecular flexibility index (Phi) is 4.64. The van der Waals surface area contributed by atoms with Crippen molar-refractivity contribution in [2.24, 2.45) is 0 Å². The molecule has 1 aromatic carbocycles. The molecule has 1 heterocycles. The van der Waals surface area contributed by atoms with Gasteiger partial charge < -0.3 is 14.4 Å². The zero-order valence-electron chi connectivity index (χ0n) is 9.91. The van der Waals surface area contributed by atoms with Crippen LogP contribution in [0.5, 0.6) is 5.75 Å². The van der Waals surface area contributed by atoms with Gasteiger partial charge in [0, 0.05) is 17.6 Å². The Balaban J connectivity index is 2.11. The topological polar surface area (TPSA) is 38.8 Å². The monoisotopic (exact) mass is 377 g/mol. The highest BCUT2D eigenvalue weighted by molar-refractivity contribution is 9.11. The van der Waals surface area contributed by atoms with Gasteiger partial charge in [-0.1, -0.05) is 15.9 Å². The van der Waals surface area contributed by atoms with Gasteiger partial charge in [0.15, 0.2) is 0 Å². The molecule has 98 valence electrons. The van der Waals surface area contributed by atoms with Crippen molar-refractivity contribution in [3.05, 3.63) is 26.6 Å². The summed E-state index contributed by atoms with van der Waals surface area (Å²) in [6, 6.07) is 3.77. The number of aryl methyl sites for hydroxylation is 1. The zero-order valence-corrected chi connectivity index (χ0v) is 13.1. The number of morpholine rings is 1. The van der Waals surface area contributed by atoms with E-state index in [0.717, 1.165) is 14.5 Å². The van der Waals surface area contributed by atoms with E-state index in [1.54, 1.807) is 4.90 Å². The first-order valence-electron chi connectivity index (χ1n) is 5.58. The number of rotatable bonds is 1. The van der Waals surface area contributed by atoms with Crippen molar-refractivity contribution in [3.8, 4) is 5.75 Å². The zero-order chi connectivity index (χ0) is 13.1. The summed E-state index contributed by atoms with van der Waals surface area (Å²) in [4.78, 5) is 13.6. The van der Waals surface area contributed by atoms with Gasteiger partial charge in [-0.05, 0) is 40.5 Å². The summed E-state index contributed by atoms with van der Waals surface area (Å²) >= 11 is 6.79. The average Bonchev–Trinajstić information content (AvgIpc) is 2.34. The van der Waals surface area contributed by atoms with E-state index in [9.17, 15) is 4.79 Å². The van der Waals surface area contributed by atoms with Gasteiger partial charge in [-0.25, -0.2) is 4.79 Å². The Morgan fingerprint density at radius 3 is 2.61 bits per heavy atom. The molecule has 0 N–H and O–H groups in total. The third kappa shape index (κ3) is 3.24. The third-order valence-electron chi connectivity index (χ3n) is 2.65. The van der Waals surface area contributed by atoms with Crippen LogP contribution in [0.15, 0.2) is 21.1 Å². The fourth-order valence-electron chi connectivity index (χ4n) is 1.72. The molecular formula is C12H13Br2NO3. The van der Waals surface area contributed by atoms with Gasteiger partial charge in [-0.2, -0.15) is 0 Å². The quantitative estimate of drug-likeness (QED) is 0.752. The van der Waals surface area contributed by atoms with Gasteiger partial charge in [0.25, 0.3) is 0 Å². The molecule has 6 heteroatoms. The van der Waals surface area contributed by atoms with E-state index in [0.29, 0.717) is 32.1 Å². The maximum atomic E-state index is 12.0. The summed E-state index contributed by atoms with van der Waals surface area (Å²) in [6.45, 7) is 4.18. The minimum atomic E-state index is -0.329. The molecule has 18 heavy (non-hydrogen) atoms. The number of carbonyl (C=O) groups excluding carboxylic acids is 1. The van der Waals surface area contributed by atoms with E-state index < -0.39 is 0 Å². The molecule has 0 atom stereocenters. The molecule has 1 aromatic rings. The number of carbonyl (C=O) groups is 1. The highest BCUT2D eigenvalue weighted by Crippen LogP contribution is 2.32. The molecule has 0 radical (unpaired) electrons. The number of ether oxygens (including phenoxy) is 2. The molecule has 0 bridgehead atoms. The summed E-state index contributed by atoms with van der Waals surface area (Å²) in [5, 5.41) is 0. The number of hydrogen-bond acceptors (Lipinski definition) is 3. The summed E-state index contributed by atoms with van der Waals surface area (Å²) < 4.78 is 12.3. The minimum absolute atomic E-state index is 0.329. The highest BCUT2D eigenvalue weighted by Gasteiger charge is 2.20. The number of halogens is 2. The molecule has 0 unspecified atom stereocenters. The smallest absolute Gasteiger partial charge is 0.409 e. The molecule has 0 aromatic heterocycles. The molecule has 0 spiro atoms. The number of benzene rings is 1. The molecule has 1 saturated heterocycles. The van der Waals surface area contributed by atoms with Crippen molar-refractivity contribution in [1.82, 2.24) is 4.90 Å². The number of nitrogens with zero attached hydrogens (tertiary/aromatic N) is 1. The first-order chi connectivity index (χ1) is 8.58. The van der Waals surface area contributed by atoms with Crippen LogP contribution < -0.4 is 4.74 Å². The highest BCUT2D eigenvalue weighted by atomic mass is 79.9. The van der Waals surface area contributed by atoms with E-state index >= 15 is 0 Å². The van der Waals surface area contributed by atoms with Crippen LogP contribution in [0.4, 0.5) is 4.79 Å². The van der Waals surface area contributed by atoms with Gasteiger partial charge >= 0.3 is 6.09 Å². The molecule has 0 saturated carbocycles. The van der Waals surface area contributed by atoms with Crippen molar-refractivity contribution >= 4 is 38.0 Å². The van der Waals surface area contributed by atoms with Gasteiger partial charge in [0.05, 0.1) is 17.7 Å². The predicted molar refractivity (Wildman–Crippen MR) is 75.0 cm³/mol. The van der Waals surface area contributed by atoms with E-state index in [1.807, 2.05) is 19.1 Å². The van der Waals surface area contributed by atoms with Gasteiger partial charge in [-0.15, -0.1) is 0 Å². The fraction of sp³-hybridized carbons (Fsp3) is 0.417. The maximum absolute atomic E-state index is 12.0. The lowest BCUT2D eigenvalue weighted by Crippen LogP contribution is -2.42. The largest absolute Gasteiger partial charge is 0.415 e. The van der Waals surface area contributed by atoms with Crippen LogP contribution in [0.25, 0.3) is 0 Å². The molecule has 0 aliphatic carbocycles. The van der Waals surface area contributed by atoms with Gasteiger partial charge in [0.1, 0.15) is 5.75 Å².